The van der Waals surface area contributed by atoms with Crippen molar-refractivity contribution in [1.29, 1.82) is 0 Å². The summed E-state index contributed by atoms with van der Waals surface area (Å²) in [5.74, 6) is 1.13. The topological polar surface area (TPSA) is 26.3 Å². The van der Waals surface area contributed by atoms with Crippen molar-refractivity contribution in [2.75, 3.05) is 0 Å². The second-order valence-corrected chi connectivity index (χ2v) is 7.19. The summed E-state index contributed by atoms with van der Waals surface area (Å²) >= 11 is 0. The van der Waals surface area contributed by atoms with Crippen LogP contribution in [0.25, 0.3) is 0 Å². The Labute approximate surface area is 105 Å². The Hall–Kier alpha value is -0.530. The molecule has 0 aromatic rings. The van der Waals surface area contributed by atoms with E-state index >= 15 is 0 Å². The van der Waals surface area contributed by atoms with Crippen molar-refractivity contribution in [2.45, 2.75) is 66.4 Å². The summed E-state index contributed by atoms with van der Waals surface area (Å²) in [5, 5.41) is 0. The molecule has 0 aromatic carbocycles. The maximum absolute atomic E-state index is 11.8. The molecule has 2 bridgehead atoms. The molecule has 3 atom stereocenters. The SMILES string of the molecule is CC(C)CC(=O)OC1CC2CC[C@@]1(C)C2(C)C. The van der Waals surface area contributed by atoms with Crippen LogP contribution in [0.1, 0.15) is 60.3 Å². The fraction of sp³-hybridized carbons (Fsp3) is 0.933. The van der Waals surface area contributed by atoms with Crippen LogP contribution in [0, 0.1) is 22.7 Å². The van der Waals surface area contributed by atoms with E-state index in [4.69, 9.17) is 4.74 Å². The number of rotatable bonds is 3. The summed E-state index contributed by atoms with van der Waals surface area (Å²) in [6.45, 7) is 11.1. The number of hydrogen-bond donors (Lipinski definition) is 0. The lowest BCUT2D eigenvalue weighted by atomic mass is 9.70. The van der Waals surface area contributed by atoms with Gasteiger partial charge in [-0.15, -0.1) is 0 Å². The van der Waals surface area contributed by atoms with E-state index in [0.29, 0.717) is 17.8 Å². The smallest absolute Gasteiger partial charge is 0.306 e. The predicted octanol–water partition coefficient (Wildman–Crippen LogP) is 3.79. The lowest BCUT2D eigenvalue weighted by molar-refractivity contribution is -0.157. The van der Waals surface area contributed by atoms with Gasteiger partial charge in [0.1, 0.15) is 6.10 Å². The molecule has 2 aliphatic carbocycles. The molecule has 2 fully saturated rings. The van der Waals surface area contributed by atoms with Crippen molar-refractivity contribution in [3.05, 3.63) is 0 Å². The molecular formula is C15H26O2. The Morgan fingerprint density at radius 3 is 2.41 bits per heavy atom. The molecule has 98 valence electrons. The number of carbonyl (C=O) groups is 1. The maximum Gasteiger partial charge on any atom is 0.306 e. The van der Waals surface area contributed by atoms with Gasteiger partial charge in [0.2, 0.25) is 0 Å². The average molecular weight is 238 g/mol. The van der Waals surface area contributed by atoms with E-state index in [9.17, 15) is 4.79 Å². The molecule has 2 aliphatic rings. The van der Waals surface area contributed by atoms with Crippen molar-refractivity contribution >= 4 is 5.97 Å². The van der Waals surface area contributed by atoms with Gasteiger partial charge in [0.05, 0.1) is 0 Å². The summed E-state index contributed by atoms with van der Waals surface area (Å²) < 4.78 is 5.76. The van der Waals surface area contributed by atoms with Crippen LogP contribution in [0.15, 0.2) is 0 Å². The number of carbonyl (C=O) groups excluding carboxylic acids is 1. The highest BCUT2D eigenvalue weighted by Gasteiger charge is 2.62. The molecule has 17 heavy (non-hydrogen) atoms. The zero-order valence-corrected chi connectivity index (χ0v) is 11.9. The van der Waals surface area contributed by atoms with E-state index < -0.39 is 0 Å². The van der Waals surface area contributed by atoms with Crippen LogP contribution in [-0.2, 0) is 9.53 Å². The van der Waals surface area contributed by atoms with E-state index in [-0.39, 0.29) is 17.5 Å². The fourth-order valence-corrected chi connectivity index (χ4v) is 3.85. The molecule has 0 heterocycles. The quantitative estimate of drug-likeness (QED) is 0.699. The third-order valence-corrected chi connectivity index (χ3v) is 5.56. The summed E-state index contributed by atoms with van der Waals surface area (Å²) in [5.41, 5.74) is 0.528. The molecule has 2 saturated carbocycles. The lowest BCUT2D eigenvalue weighted by Gasteiger charge is -2.38. The van der Waals surface area contributed by atoms with Crippen LogP contribution in [0.2, 0.25) is 0 Å². The number of fused-ring (bicyclic) bond motifs is 2. The van der Waals surface area contributed by atoms with Gasteiger partial charge in [-0.3, -0.25) is 4.79 Å². The molecule has 0 spiro atoms. The molecule has 2 rings (SSSR count). The van der Waals surface area contributed by atoms with Crippen LogP contribution in [-0.4, -0.2) is 12.1 Å². The first-order chi connectivity index (χ1) is 7.77. The van der Waals surface area contributed by atoms with E-state index in [2.05, 4.69) is 34.6 Å². The molecule has 0 amide bonds. The van der Waals surface area contributed by atoms with Gasteiger partial charge in [-0.05, 0) is 36.5 Å². The molecular weight excluding hydrogens is 212 g/mol. The van der Waals surface area contributed by atoms with Gasteiger partial charge < -0.3 is 4.74 Å². The van der Waals surface area contributed by atoms with Crippen molar-refractivity contribution in [3.63, 3.8) is 0 Å². The summed E-state index contributed by atoms with van der Waals surface area (Å²) in [6.07, 6.45) is 4.30. The standard InChI is InChI=1S/C15H26O2/c1-10(2)8-13(16)17-12-9-11-6-7-15(12,5)14(11,3)4/h10-12H,6-9H2,1-5H3/t11?,12?,15-/m1/s1. The largest absolute Gasteiger partial charge is 0.462 e. The van der Waals surface area contributed by atoms with Gasteiger partial charge in [0, 0.05) is 11.8 Å². The lowest BCUT2D eigenvalue weighted by Crippen LogP contribution is -2.38. The fourth-order valence-electron chi connectivity index (χ4n) is 3.85. The summed E-state index contributed by atoms with van der Waals surface area (Å²) in [4.78, 5) is 11.8. The molecule has 0 aromatic heterocycles. The first-order valence-electron chi connectivity index (χ1n) is 6.97. The molecule has 0 aliphatic heterocycles. The Morgan fingerprint density at radius 1 is 1.35 bits per heavy atom. The second kappa shape index (κ2) is 4.00. The first-order valence-corrected chi connectivity index (χ1v) is 6.97. The van der Waals surface area contributed by atoms with E-state index in [1.54, 1.807) is 0 Å². The van der Waals surface area contributed by atoms with Crippen molar-refractivity contribution in [3.8, 4) is 0 Å². The molecule has 2 heteroatoms. The average Bonchev–Trinajstić information content (AvgIpc) is 2.49. The zero-order chi connectivity index (χ0) is 12.8. The van der Waals surface area contributed by atoms with Gasteiger partial charge in [-0.2, -0.15) is 0 Å². The van der Waals surface area contributed by atoms with Gasteiger partial charge in [0.15, 0.2) is 0 Å². The molecule has 0 N–H and O–H groups in total. The minimum Gasteiger partial charge on any atom is -0.462 e. The highest BCUT2D eigenvalue weighted by atomic mass is 16.5. The van der Waals surface area contributed by atoms with Gasteiger partial charge in [-0.25, -0.2) is 0 Å². The van der Waals surface area contributed by atoms with Crippen molar-refractivity contribution in [2.24, 2.45) is 22.7 Å². The number of ether oxygens (including phenoxy) is 1. The highest BCUT2D eigenvalue weighted by Crippen LogP contribution is 2.66. The van der Waals surface area contributed by atoms with Crippen LogP contribution >= 0.6 is 0 Å². The third-order valence-electron chi connectivity index (χ3n) is 5.56. The Morgan fingerprint density at radius 2 is 2.00 bits per heavy atom. The zero-order valence-electron chi connectivity index (χ0n) is 11.9. The van der Waals surface area contributed by atoms with Gasteiger partial charge in [0.25, 0.3) is 0 Å². The summed E-state index contributed by atoms with van der Waals surface area (Å²) in [7, 11) is 0. The normalized spacial score (nSPS) is 38.7. The molecule has 0 radical (unpaired) electrons. The monoisotopic (exact) mass is 238 g/mol. The van der Waals surface area contributed by atoms with E-state index in [1.165, 1.54) is 12.8 Å². The second-order valence-electron chi connectivity index (χ2n) is 7.19. The maximum atomic E-state index is 11.8. The van der Waals surface area contributed by atoms with Gasteiger partial charge in [-0.1, -0.05) is 34.6 Å². The molecule has 2 unspecified atom stereocenters. The van der Waals surface area contributed by atoms with Gasteiger partial charge >= 0.3 is 5.97 Å². The van der Waals surface area contributed by atoms with E-state index in [1.807, 2.05) is 0 Å². The Balaban J connectivity index is 2.03. The molecule has 2 nitrogen and oxygen atoms in total. The molecule has 0 saturated heterocycles. The number of hydrogen-bond acceptors (Lipinski definition) is 2. The van der Waals surface area contributed by atoms with Crippen LogP contribution in [0.3, 0.4) is 0 Å². The van der Waals surface area contributed by atoms with Crippen LogP contribution < -0.4 is 0 Å². The first kappa shape index (κ1) is 12.9. The number of esters is 1. The summed E-state index contributed by atoms with van der Waals surface area (Å²) in [6, 6.07) is 0. The highest BCUT2D eigenvalue weighted by molar-refractivity contribution is 5.70. The van der Waals surface area contributed by atoms with Crippen LogP contribution in [0.5, 0.6) is 0 Å². The minimum absolute atomic E-state index is 0.00502. The predicted molar refractivity (Wildman–Crippen MR) is 68.6 cm³/mol. The Bertz CT molecular complexity index is 319. The van der Waals surface area contributed by atoms with Crippen LogP contribution in [0.4, 0.5) is 0 Å². The third kappa shape index (κ3) is 1.90. The van der Waals surface area contributed by atoms with Crippen molar-refractivity contribution in [1.82, 2.24) is 0 Å². The minimum atomic E-state index is -0.00502. The van der Waals surface area contributed by atoms with Crippen molar-refractivity contribution < 1.29 is 9.53 Å². The Kier molecular flexibility index (Phi) is 3.04. The van der Waals surface area contributed by atoms with E-state index in [0.717, 1.165) is 12.3 Å².